The van der Waals surface area contributed by atoms with Crippen LogP contribution in [-0.4, -0.2) is 35.8 Å². The van der Waals surface area contributed by atoms with Gasteiger partial charge >= 0.3 is 0 Å². The van der Waals surface area contributed by atoms with Crippen molar-refractivity contribution in [2.45, 2.75) is 44.8 Å². The van der Waals surface area contributed by atoms with Crippen LogP contribution in [0.1, 0.15) is 40.0 Å². The normalized spacial score (nSPS) is 12.5. The first-order valence-corrected chi connectivity index (χ1v) is 9.39. The van der Waals surface area contributed by atoms with Gasteiger partial charge in [0.1, 0.15) is 0 Å². The number of hydrogen-bond acceptors (Lipinski definition) is 4. The largest absolute Gasteiger partial charge is 0.326 e. The number of unbranched alkanes of at least 4 members (excludes halogenated alkanes) is 1. The number of aromatic amines is 1. The van der Waals surface area contributed by atoms with Crippen LogP contribution in [0.4, 0.5) is 5.69 Å². The van der Waals surface area contributed by atoms with Gasteiger partial charge in [0, 0.05) is 24.0 Å². The molecule has 1 amide bonds. The maximum absolute atomic E-state index is 11.9. The van der Waals surface area contributed by atoms with Crippen LogP contribution in [-0.2, 0) is 14.8 Å². The van der Waals surface area contributed by atoms with Crippen LogP contribution < -0.4 is 10.0 Å². The van der Waals surface area contributed by atoms with E-state index in [0.717, 1.165) is 16.6 Å². The van der Waals surface area contributed by atoms with Gasteiger partial charge in [0.2, 0.25) is 15.9 Å². The zero-order chi connectivity index (χ0) is 17.8. The molecule has 0 unspecified atom stereocenters. The third-order valence-electron chi connectivity index (χ3n) is 3.65. The summed E-state index contributed by atoms with van der Waals surface area (Å²) < 4.78 is 25.5. The van der Waals surface area contributed by atoms with Crippen molar-refractivity contribution in [3.8, 4) is 0 Å². The lowest BCUT2D eigenvalue weighted by Gasteiger charge is -2.19. The predicted octanol–water partition coefficient (Wildman–Crippen LogP) is 2.39. The first-order valence-electron chi connectivity index (χ1n) is 7.91. The molecule has 0 bridgehead atoms. The molecule has 24 heavy (non-hydrogen) atoms. The number of aromatic nitrogens is 2. The van der Waals surface area contributed by atoms with Gasteiger partial charge in [-0.1, -0.05) is 0 Å². The second-order valence-electron chi connectivity index (χ2n) is 6.69. The number of fused-ring (bicyclic) bond motifs is 1. The molecule has 0 atom stereocenters. The summed E-state index contributed by atoms with van der Waals surface area (Å²) in [5, 5.41) is 10.6. The average molecular weight is 352 g/mol. The highest BCUT2D eigenvalue weighted by Gasteiger charge is 2.27. The molecule has 0 fully saturated rings. The fourth-order valence-corrected chi connectivity index (χ4v) is 2.92. The number of rotatable bonds is 7. The molecule has 7 nitrogen and oxygen atoms in total. The molecule has 0 saturated heterocycles. The van der Waals surface area contributed by atoms with E-state index in [2.05, 4.69) is 20.2 Å². The van der Waals surface area contributed by atoms with E-state index in [0.29, 0.717) is 25.8 Å². The Morgan fingerprint density at radius 3 is 2.71 bits per heavy atom. The first kappa shape index (κ1) is 18.4. The zero-order valence-electron chi connectivity index (χ0n) is 14.2. The van der Waals surface area contributed by atoms with Crippen LogP contribution in [0, 0.1) is 0 Å². The minimum absolute atomic E-state index is 0.0866. The number of carbonyl (C=O) groups is 1. The van der Waals surface area contributed by atoms with Crippen molar-refractivity contribution in [1.29, 1.82) is 0 Å². The molecule has 0 radical (unpaired) electrons. The molecule has 1 aromatic carbocycles. The van der Waals surface area contributed by atoms with Crippen LogP contribution >= 0.6 is 0 Å². The number of amides is 1. The summed E-state index contributed by atoms with van der Waals surface area (Å²) in [7, 11) is -3.32. The minimum atomic E-state index is -3.32. The highest BCUT2D eigenvalue weighted by Crippen LogP contribution is 2.17. The third kappa shape index (κ3) is 4.78. The molecule has 2 aromatic rings. The lowest BCUT2D eigenvalue weighted by Crippen LogP contribution is -2.39. The summed E-state index contributed by atoms with van der Waals surface area (Å²) in [5.74, 6) is -0.0866. The van der Waals surface area contributed by atoms with E-state index in [1.807, 2.05) is 18.2 Å². The number of nitrogens with zero attached hydrogens (tertiary/aromatic N) is 1. The SMILES string of the molecule is CC(C)(C)S(=O)(=O)NCCCCC(=O)Nc1ccc2[nH]ncc2c1. The molecule has 132 valence electrons. The van der Waals surface area contributed by atoms with Crippen molar-refractivity contribution in [1.82, 2.24) is 14.9 Å². The van der Waals surface area contributed by atoms with E-state index in [1.54, 1.807) is 27.0 Å². The van der Waals surface area contributed by atoms with E-state index in [1.165, 1.54) is 0 Å². The van der Waals surface area contributed by atoms with Crippen LogP contribution in [0.15, 0.2) is 24.4 Å². The van der Waals surface area contributed by atoms with Crippen molar-refractivity contribution >= 4 is 32.5 Å². The van der Waals surface area contributed by atoms with Crippen LogP contribution in [0.25, 0.3) is 10.9 Å². The number of anilines is 1. The van der Waals surface area contributed by atoms with E-state index in [4.69, 9.17) is 0 Å². The van der Waals surface area contributed by atoms with Crippen molar-refractivity contribution in [2.24, 2.45) is 0 Å². The molecule has 8 heteroatoms. The van der Waals surface area contributed by atoms with Crippen LogP contribution in [0.3, 0.4) is 0 Å². The Morgan fingerprint density at radius 2 is 2.00 bits per heavy atom. The number of carbonyl (C=O) groups excluding carboxylic acids is 1. The average Bonchev–Trinajstić information content (AvgIpc) is 2.93. The molecule has 1 aromatic heterocycles. The van der Waals surface area contributed by atoms with Gasteiger partial charge in [0.15, 0.2) is 0 Å². The molecule has 3 N–H and O–H groups in total. The molecular weight excluding hydrogens is 328 g/mol. The van der Waals surface area contributed by atoms with Gasteiger partial charge in [-0.25, -0.2) is 13.1 Å². The van der Waals surface area contributed by atoms with Gasteiger partial charge in [-0.2, -0.15) is 5.10 Å². The van der Waals surface area contributed by atoms with E-state index < -0.39 is 14.8 Å². The second kappa shape index (κ2) is 7.31. The highest BCUT2D eigenvalue weighted by molar-refractivity contribution is 7.90. The number of sulfonamides is 1. The van der Waals surface area contributed by atoms with Gasteiger partial charge < -0.3 is 5.32 Å². The van der Waals surface area contributed by atoms with Crippen LogP contribution in [0.5, 0.6) is 0 Å². The fraction of sp³-hybridized carbons (Fsp3) is 0.500. The van der Waals surface area contributed by atoms with E-state index >= 15 is 0 Å². The van der Waals surface area contributed by atoms with Crippen LogP contribution in [0.2, 0.25) is 0 Å². The fourth-order valence-electron chi connectivity index (χ4n) is 2.08. The number of hydrogen-bond donors (Lipinski definition) is 3. The molecule has 0 aliphatic rings. The second-order valence-corrected chi connectivity index (χ2v) is 9.21. The maximum atomic E-state index is 11.9. The highest BCUT2D eigenvalue weighted by atomic mass is 32.2. The third-order valence-corrected chi connectivity index (χ3v) is 5.85. The topological polar surface area (TPSA) is 104 Å². The summed E-state index contributed by atoms with van der Waals surface area (Å²) in [6, 6.07) is 5.53. The Balaban J connectivity index is 1.72. The maximum Gasteiger partial charge on any atom is 0.224 e. The van der Waals surface area contributed by atoms with Gasteiger partial charge in [-0.15, -0.1) is 0 Å². The quantitative estimate of drug-likeness (QED) is 0.666. The lowest BCUT2D eigenvalue weighted by atomic mass is 10.2. The summed E-state index contributed by atoms with van der Waals surface area (Å²) in [6.07, 6.45) is 3.28. The Kier molecular flexibility index (Phi) is 5.61. The summed E-state index contributed by atoms with van der Waals surface area (Å²) in [5.41, 5.74) is 1.64. The van der Waals surface area contributed by atoms with E-state index in [-0.39, 0.29) is 5.91 Å². The number of nitrogens with one attached hydrogen (secondary N) is 3. The van der Waals surface area contributed by atoms with Crippen molar-refractivity contribution in [2.75, 3.05) is 11.9 Å². The Bertz CT molecular complexity index is 806. The predicted molar refractivity (Wildman–Crippen MR) is 95.2 cm³/mol. The lowest BCUT2D eigenvalue weighted by molar-refractivity contribution is -0.116. The minimum Gasteiger partial charge on any atom is -0.326 e. The molecule has 0 aliphatic carbocycles. The molecule has 0 spiro atoms. The monoisotopic (exact) mass is 352 g/mol. The Morgan fingerprint density at radius 1 is 1.25 bits per heavy atom. The van der Waals surface area contributed by atoms with Crippen molar-refractivity contribution < 1.29 is 13.2 Å². The van der Waals surface area contributed by atoms with Gasteiger partial charge in [-0.3, -0.25) is 9.89 Å². The molecule has 0 saturated carbocycles. The summed E-state index contributed by atoms with van der Waals surface area (Å²) >= 11 is 0. The Labute approximate surface area is 142 Å². The van der Waals surface area contributed by atoms with Gasteiger partial charge in [-0.05, 0) is 51.8 Å². The molecule has 0 aliphatic heterocycles. The Hall–Kier alpha value is -1.93. The number of H-pyrrole nitrogens is 1. The summed E-state index contributed by atoms with van der Waals surface area (Å²) in [4.78, 5) is 11.9. The van der Waals surface area contributed by atoms with Gasteiger partial charge in [0.05, 0.1) is 16.5 Å². The standard InChI is InChI=1S/C16H24N4O3S/c1-16(2,3)24(22,23)18-9-5-4-6-15(21)19-13-7-8-14-12(10-13)11-17-20-14/h7-8,10-11,18H,4-6,9H2,1-3H3,(H,17,20)(H,19,21). The smallest absolute Gasteiger partial charge is 0.224 e. The molecular formula is C16H24N4O3S. The van der Waals surface area contributed by atoms with Crippen molar-refractivity contribution in [3.05, 3.63) is 24.4 Å². The zero-order valence-corrected chi connectivity index (χ0v) is 15.0. The van der Waals surface area contributed by atoms with E-state index in [9.17, 15) is 13.2 Å². The van der Waals surface area contributed by atoms with Gasteiger partial charge in [0.25, 0.3) is 0 Å². The molecule has 2 rings (SSSR count). The van der Waals surface area contributed by atoms with Crippen molar-refractivity contribution in [3.63, 3.8) is 0 Å². The molecule has 1 heterocycles. The first-order chi connectivity index (χ1) is 11.2. The number of benzene rings is 1. The summed E-state index contributed by atoms with van der Waals surface area (Å²) in [6.45, 7) is 5.30.